The van der Waals surface area contributed by atoms with Crippen LogP contribution < -0.4 is 10.2 Å². The zero-order valence-electron chi connectivity index (χ0n) is 20.5. The molecule has 2 saturated heterocycles. The molecule has 0 aromatic heterocycles. The van der Waals surface area contributed by atoms with Crippen molar-refractivity contribution in [3.63, 3.8) is 0 Å². The highest BCUT2D eigenvalue weighted by Gasteiger charge is 2.34. The van der Waals surface area contributed by atoms with Gasteiger partial charge in [0.05, 0.1) is 17.2 Å². The maximum absolute atomic E-state index is 13.2. The predicted octanol–water partition coefficient (Wildman–Crippen LogP) is 4.50. The Morgan fingerprint density at radius 1 is 1.03 bits per heavy atom. The van der Waals surface area contributed by atoms with Gasteiger partial charge in [-0.2, -0.15) is 18.4 Å². The highest BCUT2D eigenvalue weighted by Crippen LogP contribution is 2.34. The van der Waals surface area contributed by atoms with Crippen LogP contribution in [0.15, 0.2) is 42.5 Å². The van der Waals surface area contributed by atoms with E-state index in [9.17, 15) is 18.0 Å². The molecule has 36 heavy (non-hydrogen) atoms. The average Bonchev–Trinajstić information content (AvgIpc) is 2.88. The fraction of sp³-hybridized carbons (Fsp3) is 0.481. The molecule has 0 atom stereocenters. The molecule has 0 saturated carbocycles. The van der Waals surface area contributed by atoms with Crippen molar-refractivity contribution in [2.24, 2.45) is 0 Å². The Labute approximate surface area is 210 Å². The first-order valence-electron chi connectivity index (χ1n) is 12.4. The maximum Gasteiger partial charge on any atom is 0.417 e. The number of piperidine rings is 1. The minimum absolute atomic E-state index is 0.0158. The Hall–Kier alpha value is -3.25. The number of amides is 1. The third kappa shape index (κ3) is 6.49. The number of hydrogen-bond donors (Lipinski definition) is 1. The maximum atomic E-state index is 13.2. The van der Waals surface area contributed by atoms with Gasteiger partial charge in [0.15, 0.2) is 0 Å². The Morgan fingerprint density at radius 2 is 1.69 bits per heavy atom. The average molecular weight is 500 g/mol. The van der Waals surface area contributed by atoms with Crippen LogP contribution in [-0.4, -0.2) is 67.6 Å². The number of likely N-dealkylation sites (tertiary alicyclic amines) is 1. The summed E-state index contributed by atoms with van der Waals surface area (Å²) in [7, 11) is 0. The molecule has 2 fully saturated rings. The molecule has 2 aromatic rings. The summed E-state index contributed by atoms with van der Waals surface area (Å²) in [5, 5.41) is 12.1. The lowest BCUT2D eigenvalue weighted by molar-refractivity contribution is -0.137. The Bertz CT molecular complexity index is 1080. The van der Waals surface area contributed by atoms with E-state index in [1.165, 1.54) is 23.4 Å². The number of carbonyl (C=O) groups excluding carboxylic acids is 1. The van der Waals surface area contributed by atoms with Crippen molar-refractivity contribution in [1.29, 1.82) is 5.26 Å². The molecule has 0 radical (unpaired) electrons. The summed E-state index contributed by atoms with van der Waals surface area (Å²) < 4.78 is 39.7. The molecule has 2 aliphatic heterocycles. The number of nitriles is 1. The molecule has 2 aliphatic rings. The second-order valence-corrected chi connectivity index (χ2v) is 9.58. The number of rotatable bonds is 6. The molecule has 2 aromatic carbocycles. The molecule has 2 heterocycles. The first-order valence-corrected chi connectivity index (χ1v) is 12.4. The Balaban J connectivity index is 1.19. The highest BCUT2D eigenvalue weighted by atomic mass is 19.4. The van der Waals surface area contributed by atoms with E-state index in [0.29, 0.717) is 38.0 Å². The van der Waals surface area contributed by atoms with Gasteiger partial charge in [0.2, 0.25) is 5.91 Å². The molecule has 1 N–H and O–H groups in total. The topological polar surface area (TPSA) is 62.6 Å². The highest BCUT2D eigenvalue weighted by molar-refractivity contribution is 5.76. The number of anilines is 2. The Kier molecular flexibility index (Phi) is 8.04. The number of carbonyl (C=O) groups is 1. The van der Waals surface area contributed by atoms with Crippen LogP contribution in [0.2, 0.25) is 0 Å². The van der Waals surface area contributed by atoms with Crippen molar-refractivity contribution in [2.45, 2.75) is 38.4 Å². The van der Waals surface area contributed by atoms with Crippen molar-refractivity contribution in [2.75, 3.05) is 56.0 Å². The van der Waals surface area contributed by atoms with Crippen LogP contribution in [-0.2, 0) is 11.0 Å². The van der Waals surface area contributed by atoms with Gasteiger partial charge in [-0.05, 0) is 50.1 Å². The first kappa shape index (κ1) is 25.8. The van der Waals surface area contributed by atoms with Crippen molar-refractivity contribution in [3.8, 4) is 6.07 Å². The van der Waals surface area contributed by atoms with Crippen LogP contribution in [0, 0.1) is 18.3 Å². The quantitative estimate of drug-likeness (QED) is 0.634. The second-order valence-electron chi connectivity index (χ2n) is 9.58. The smallest absolute Gasteiger partial charge is 0.382 e. The number of hydrogen-bond acceptors (Lipinski definition) is 5. The molecule has 0 bridgehead atoms. The van der Waals surface area contributed by atoms with Crippen molar-refractivity contribution in [1.82, 2.24) is 9.80 Å². The minimum Gasteiger partial charge on any atom is -0.382 e. The van der Waals surface area contributed by atoms with E-state index in [0.717, 1.165) is 38.8 Å². The summed E-state index contributed by atoms with van der Waals surface area (Å²) in [6.45, 7) is 7.74. The van der Waals surface area contributed by atoms with Gasteiger partial charge >= 0.3 is 6.18 Å². The molecule has 0 aliphatic carbocycles. The van der Waals surface area contributed by atoms with Crippen LogP contribution in [0.25, 0.3) is 0 Å². The van der Waals surface area contributed by atoms with E-state index < -0.39 is 11.7 Å². The lowest BCUT2D eigenvalue weighted by Gasteiger charge is -2.37. The molecular weight excluding hydrogens is 467 g/mol. The zero-order valence-corrected chi connectivity index (χ0v) is 20.5. The van der Waals surface area contributed by atoms with Crippen LogP contribution in [0.1, 0.15) is 36.0 Å². The van der Waals surface area contributed by atoms with E-state index in [1.807, 2.05) is 4.90 Å². The van der Waals surface area contributed by atoms with Gasteiger partial charge < -0.3 is 15.1 Å². The van der Waals surface area contributed by atoms with Crippen molar-refractivity contribution in [3.05, 3.63) is 59.2 Å². The fourth-order valence-electron chi connectivity index (χ4n) is 4.87. The van der Waals surface area contributed by atoms with E-state index in [-0.39, 0.29) is 17.5 Å². The van der Waals surface area contributed by atoms with Crippen LogP contribution >= 0.6 is 0 Å². The number of aryl methyl sites for hydroxylation is 1. The normalized spacial score (nSPS) is 17.6. The SMILES string of the molecule is Cc1ccc(N2CCN(CCC(=O)N3CCC(Nc4ccc(C#N)c(C(F)(F)F)c4)CC3)CC2)cc1. The van der Waals surface area contributed by atoms with Gasteiger partial charge in [0.25, 0.3) is 0 Å². The van der Waals surface area contributed by atoms with Gasteiger partial charge in [-0.1, -0.05) is 17.7 Å². The Morgan fingerprint density at radius 3 is 2.31 bits per heavy atom. The number of nitrogens with zero attached hydrogens (tertiary/aromatic N) is 4. The molecule has 9 heteroatoms. The lowest BCUT2D eigenvalue weighted by Crippen LogP contribution is -2.48. The lowest BCUT2D eigenvalue weighted by atomic mass is 10.0. The van der Waals surface area contributed by atoms with Gasteiger partial charge in [0, 0.05) is 69.7 Å². The summed E-state index contributed by atoms with van der Waals surface area (Å²) in [5.41, 5.74) is 1.52. The summed E-state index contributed by atoms with van der Waals surface area (Å²) in [6.07, 6.45) is -2.76. The van der Waals surface area contributed by atoms with Crippen LogP contribution in [0.3, 0.4) is 0 Å². The zero-order chi connectivity index (χ0) is 25.7. The number of halogens is 3. The molecule has 1 amide bonds. The number of piperazine rings is 1. The summed E-state index contributed by atoms with van der Waals surface area (Å²) in [5.74, 6) is 0.132. The van der Waals surface area contributed by atoms with E-state index >= 15 is 0 Å². The van der Waals surface area contributed by atoms with E-state index in [1.54, 1.807) is 6.07 Å². The monoisotopic (exact) mass is 499 g/mol. The summed E-state index contributed by atoms with van der Waals surface area (Å²) >= 11 is 0. The van der Waals surface area contributed by atoms with E-state index in [2.05, 4.69) is 46.3 Å². The van der Waals surface area contributed by atoms with Crippen LogP contribution in [0.5, 0.6) is 0 Å². The molecule has 0 spiro atoms. The summed E-state index contributed by atoms with van der Waals surface area (Å²) in [4.78, 5) is 19.3. The third-order valence-electron chi connectivity index (χ3n) is 7.08. The number of benzene rings is 2. The predicted molar refractivity (Wildman–Crippen MR) is 134 cm³/mol. The van der Waals surface area contributed by atoms with Crippen molar-refractivity contribution < 1.29 is 18.0 Å². The van der Waals surface area contributed by atoms with Gasteiger partial charge in [0.1, 0.15) is 0 Å². The standard InChI is InChI=1S/C27H32F3N5O/c1-20-2-6-24(7-3-20)34-16-14-33(15-17-34)11-10-26(36)35-12-8-22(9-13-35)32-23-5-4-21(19-31)25(18-23)27(28,29)30/h2-7,18,22,32H,8-17H2,1H3. The number of alkyl halides is 3. The van der Waals surface area contributed by atoms with E-state index in [4.69, 9.17) is 5.26 Å². The fourth-order valence-corrected chi connectivity index (χ4v) is 4.87. The summed E-state index contributed by atoms with van der Waals surface area (Å²) in [6, 6.07) is 13.9. The van der Waals surface area contributed by atoms with Gasteiger partial charge in [-0.25, -0.2) is 0 Å². The molecule has 4 rings (SSSR count). The van der Waals surface area contributed by atoms with Gasteiger partial charge in [-0.3, -0.25) is 9.69 Å². The van der Waals surface area contributed by atoms with Gasteiger partial charge in [-0.15, -0.1) is 0 Å². The molecule has 0 unspecified atom stereocenters. The third-order valence-corrected chi connectivity index (χ3v) is 7.08. The largest absolute Gasteiger partial charge is 0.417 e. The van der Waals surface area contributed by atoms with Crippen LogP contribution in [0.4, 0.5) is 24.5 Å². The first-order chi connectivity index (χ1) is 17.2. The minimum atomic E-state index is -4.58. The molecule has 6 nitrogen and oxygen atoms in total. The second kappa shape index (κ2) is 11.2. The number of nitrogens with one attached hydrogen (secondary N) is 1. The molecular formula is C27H32F3N5O. The molecule has 192 valence electrons. The van der Waals surface area contributed by atoms with Crippen molar-refractivity contribution >= 4 is 17.3 Å².